The third-order valence-electron chi connectivity index (χ3n) is 5.02. The van der Waals surface area contributed by atoms with E-state index in [-0.39, 0.29) is 12.2 Å². The second kappa shape index (κ2) is 7.31. The first-order valence-electron chi connectivity index (χ1n) is 8.71. The van der Waals surface area contributed by atoms with Crippen LogP contribution in [0.3, 0.4) is 0 Å². The Labute approximate surface area is 147 Å². The van der Waals surface area contributed by atoms with E-state index in [0.29, 0.717) is 12.6 Å². The van der Waals surface area contributed by atoms with Gasteiger partial charge in [-0.15, -0.1) is 11.3 Å². The van der Waals surface area contributed by atoms with Crippen molar-refractivity contribution in [3.05, 3.63) is 52.0 Å². The lowest BCUT2D eigenvalue weighted by Crippen LogP contribution is -2.51. The van der Waals surface area contributed by atoms with Crippen molar-refractivity contribution in [3.8, 4) is 0 Å². The standard InChI is InChI=1S/C19H24N2O2S/c1-14-2-3-16(24-14)12-21-10-11-22-19-17(21)4-5-18(19)23-13-15-6-8-20-9-7-15/h2-3,6-9,17-19H,4-5,10-13H2,1H3/t17-,18-,19+/m0/s1. The second-order valence-corrected chi connectivity index (χ2v) is 8.04. The van der Waals surface area contributed by atoms with Gasteiger partial charge in [-0.3, -0.25) is 9.88 Å². The van der Waals surface area contributed by atoms with Crippen molar-refractivity contribution in [1.29, 1.82) is 0 Å². The normalized spacial score (nSPS) is 27.3. The number of rotatable bonds is 5. The minimum absolute atomic E-state index is 0.205. The molecule has 4 nitrogen and oxygen atoms in total. The van der Waals surface area contributed by atoms with Gasteiger partial charge in [-0.25, -0.2) is 0 Å². The molecule has 128 valence electrons. The van der Waals surface area contributed by atoms with Gasteiger partial charge in [0.2, 0.25) is 0 Å². The molecule has 0 amide bonds. The van der Waals surface area contributed by atoms with Crippen molar-refractivity contribution < 1.29 is 9.47 Å². The molecule has 2 aliphatic rings. The Kier molecular flexibility index (Phi) is 4.94. The van der Waals surface area contributed by atoms with Crippen LogP contribution in [0.5, 0.6) is 0 Å². The maximum atomic E-state index is 6.18. The molecule has 2 aromatic rings. The Morgan fingerprint density at radius 2 is 2.12 bits per heavy atom. The van der Waals surface area contributed by atoms with E-state index in [1.54, 1.807) is 0 Å². The molecular formula is C19H24N2O2S. The topological polar surface area (TPSA) is 34.6 Å². The predicted molar refractivity (Wildman–Crippen MR) is 95.0 cm³/mol. The van der Waals surface area contributed by atoms with Gasteiger partial charge in [0.05, 0.1) is 25.4 Å². The van der Waals surface area contributed by atoms with Crippen LogP contribution in [-0.4, -0.2) is 41.3 Å². The van der Waals surface area contributed by atoms with E-state index < -0.39 is 0 Å². The third-order valence-corrected chi connectivity index (χ3v) is 6.00. The maximum absolute atomic E-state index is 6.18. The van der Waals surface area contributed by atoms with Gasteiger partial charge in [0, 0.05) is 41.3 Å². The molecule has 0 N–H and O–H groups in total. The average Bonchev–Trinajstić information content (AvgIpc) is 3.21. The molecule has 0 aromatic carbocycles. The molecule has 4 rings (SSSR count). The van der Waals surface area contributed by atoms with Crippen LogP contribution in [-0.2, 0) is 22.6 Å². The summed E-state index contributed by atoms with van der Waals surface area (Å²) in [5.74, 6) is 0. The van der Waals surface area contributed by atoms with Crippen LogP contribution in [0.25, 0.3) is 0 Å². The van der Waals surface area contributed by atoms with E-state index in [2.05, 4.69) is 28.9 Å². The molecule has 1 aliphatic heterocycles. The van der Waals surface area contributed by atoms with Gasteiger partial charge in [-0.2, -0.15) is 0 Å². The highest BCUT2D eigenvalue weighted by Crippen LogP contribution is 2.34. The van der Waals surface area contributed by atoms with Gasteiger partial charge in [0.1, 0.15) is 0 Å². The van der Waals surface area contributed by atoms with Gasteiger partial charge >= 0.3 is 0 Å². The lowest BCUT2D eigenvalue weighted by atomic mass is 10.1. The molecule has 2 fully saturated rings. The molecule has 3 heterocycles. The van der Waals surface area contributed by atoms with Crippen molar-refractivity contribution in [1.82, 2.24) is 9.88 Å². The molecule has 2 aromatic heterocycles. The van der Waals surface area contributed by atoms with E-state index in [1.165, 1.54) is 15.3 Å². The van der Waals surface area contributed by atoms with Crippen LogP contribution in [0.1, 0.15) is 28.2 Å². The summed E-state index contributed by atoms with van der Waals surface area (Å²) in [4.78, 5) is 9.49. The number of thiophene rings is 1. The summed E-state index contributed by atoms with van der Waals surface area (Å²) in [6.45, 7) is 5.69. The highest BCUT2D eigenvalue weighted by Gasteiger charge is 2.43. The fourth-order valence-corrected chi connectivity index (χ4v) is 4.74. The number of ether oxygens (including phenoxy) is 2. The number of aryl methyl sites for hydroxylation is 1. The van der Waals surface area contributed by atoms with Crippen LogP contribution in [0.2, 0.25) is 0 Å². The first-order valence-corrected chi connectivity index (χ1v) is 9.53. The fourth-order valence-electron chi connectivity index (χ4n) is 3.82. The molecule has 0 bridgehead atoms. The molecule has 0 radical (unpaired) electrons. The van der Waals surface area contributed by atoms with Crippen molar-refractivity contribution >= 4 is 11.3 Å². The minimum atomic E-state index is 0.205. The minimum Gasteiger partial charge on any atom is -0.373 e. The van der Waals surface area contributed by atoms with Crippen molar-refractivity contribution in [3.63, 3.8) is 0 Å². The predicted octanol–water partition coefficient (Wildman–Crippen LogP) is 3.40. The summed E-state index contributed by atoms with van der Waals surface area (Å²) in [7, 11) is 0. The monoisotopic (exact) mass is 344 g/mol. The first kappa shape index (κ1) is 16.2. The van der Waals surface area contributed by atoms with Crippen molar-refractivity contribution in [2.75, 3.05) is 13.2 Å². The van der Waals surface area contributed by atoms with Crippen LogP contribution in [0.15, 0.2) is 36.7 Å². The number of aromatic nitrogens is 1. The zero-order valence-corrected chi connectivity index (χ0v) is 14.9. The second-order valence-electron chi connectivity index (χ2n) is 6.67. The van der Waals surface area contributed by atoms with E-state index in [1.807, 2.05) is 35.9 Å². The highest BCUT2D eigenvalue weighted by molar-refractivity contribution is 7.11. The summed E-state index contributed by atoms with van der Waals surface area (Å²) in [5.41, 5.74) is 1.18. The number of fused-ring (bicyclic) bond motifs is 1. The Bertz CT molecular complexity index is 660. The van der Waals surface area contributed by atoms with E-state index in [0.717, 1.165) is 32.5 Å². The number of nitrogens with zero attached hydrogens (tertiary/aromatic N) is 2. The van der Waals surface area contributed by atoms with Crippen LogP contribution in [0.4, 0.5) is 0 Å². The van der Waals surface area contributed by atoms with Gasteiger partial charge in [-0.05, 0) is 49.6 Å². The number of morpholine rings is 1. The quantitative estimate of drug-likeness (QED) is 0.833. The Morgan fingerprint density at radius 1 is 1.25 bits per heavy atom. The van der Waals surface area contributed by atoms with Gasteiger partial charge in [0.15, 0.2) is 0 Å². The summed E-state index contributed by atoms with van der Waals surface area (Å²) in [6.07, 6.45) is 6.30. The van der Waals surface area contributed by atoms with Crippen LogP contribution < -0.4 is 0 Å². The Morgan fingerprint density at radius 3 is 2.92 bits per heavy atom. The van der Waals surface area contributed by atoms with Crippen LogP contribution >= 0.6 is 11.3 Å². The summed E-state index contributed by atoms with van der Waals surface area (Å²) in [5, 5.41) is 0. The molecule has 0 unspecified atom stereocenters. The van der Waals surface area contributed by atoms with Gasteiger partial charge < -0.3 is 9.47 Å². The molecule has 24 heavy (non-hydrogen) atoms. The zero-order valence-electron chi connectivity index (χ0n) is 14.1. The molecule has 0 spiro atoms. The lowest BCUT2D eigenvalue weighted by molar-refractivity contribution is -0.118. The van der Waals surface area contributed by atoms with E-state index in [9.17, 15) is 0 Å². The first-order chi connectivity index (χ1) is 11.8. The van der Waals surface area contributed by atoms with Crippen LogP contribution in [0, 0.1) is 6.92 Å². The van der Waals surface area contributed by atoms with Crippen molar-refractivity contribution in [2.45, 2.75) is 51.2 Å². The number of pyridine rings is 1. The molecule has 5 heteroatoms. The fraction of sp³-hybridized carbons (Fsp3) is 0.526. The lowest BCUT2D eigenvalue weighted by Gasteiger charge is -2.38. The van der Waals surface area contributed by atoms with E-state index >= 15 is 0 Å². The highest BCUT2D eigenvalue weighted by atomic mass is 32.1. The smallest absolute Gasteiger partial charge is 0.0992 e. The summed E-state index contributed by atoms with van der Waals surface area (Å²) in [6, 6.07) is 8.99. The summed E-state index contributed by atoms with van der Waals surface area (Å²) < 4.78 is 12.3. The average molecular weight is 344 g/mol. The third kappa shape index (κ3) is 3.54. The Balaban J connectivity index is 1.37. The number of hydrogen-bond acceptors (Lipinski definition) is 5. The Hall–Kier alpha value is -1.27. The maximum Gasteiger partial charge on any atom is 0.0992 e. The zero-order chi connectivity index (χ0) is 16.4. The van der Waals surface area contributed by atoms with Gasteiger partial charge in [0.25, 0.3) is 0 Å². The molecular weight excluding hydrogens is 320 g/mol. The summed E-state index contributed by atoms with van der Waals surface area (Å²) >= 11 is 1.90. The van der Waals surface area contributed by atoms with Crippen molar-refractivity contribution in [2.24, 2.45) is 0 Å². The SMILES string of the molecule is Cc1ccc(CN2CCO[C@H]3[C@@H](OCc4ccncc4)CC[C@@H]32)s1. The molecule has 1 aliphatic carbocycles. The molecule has 1 saturated carbocycles. The molecule has 3 atom stereocenters. The van der Waals surface area contributed by atoms with Gasteiger partial charge in [-0.1, -0.05) is 0 Å². The van der Waals surface area contributed by atoms with E-state index in [4.69, 9.17) is 9.47 Å². The number of hydrogen-bond donors (Lipinski definition) is 0. The molecule has 1 saturated heterocycles. The largest absolute Gasteiger partial charge is 0.373 e.